The Kier molecular flexibility index (Phi) is 3.69. The SMILES string of the molecule is COCCN(C)CC1(c2ccc(N)cc2)CC1. The lowest BCUT2D eigenvalue weighted by atomic mass is 9.95. The average molecular weight is 234 g/mol. The second-order valence-corrected chi connectivity index (χ2v) is 5.13. The Morgan fingerprint density at radius 3 is 2.47 bits per heavy atom. The number of rotatable bonds is 6. The van der Waals surface area contributed by atoms with E-state index in [0.29, 0.717) is 5.41 Å². The topological polar surface area (TPSA) is 38.5 Å². The van der Waals surface area contributed by atoms with Crippen LogP contribution in [0.3, 0.4) is 0 Å². The van der Waals surface area contributed by atoms with Crippen molar-refractivity contribution < 1.29 is 4.74 Å². The van der Waals surface area contributed by atoms with Gasteiger partial charge in [0.15, 0.2) is 0 Å². The van der Waals surface area contributed by atoms with Gasteiger partial charge in [0.1, 0.15) is 0 Å². The van der Waals surface area contributed by atoms with Crippen LogP contribution in [0.4, 0.5) is 5.69 Å². The lowest BCUT2D eigenvalue weighted by molar-refractivity contribution is 0.156. The van der Waals surface area contributed by atoms with Crippen molar-refractivity contribution in [2.75, 3.05) is 39.6 Å². The van der Waals surface area contributed by atoms with E-state index in [0.717, 1.165) is 25.4 Å². The van der Waals surface area contributed by atoms with Gasteiger partial charge in [0.25, 0.3) is 0 Å². The monoisotopic (exact) mass is 234 g/mol. The number of methoxy groups -OCH3 is 1. The van der Waals surface area contributed by atoms with E-state index in [4.69, 9.17) is 10.5 Å². The van der Waals surface area contributed by atoms with Gasteiger partial charge in [-0.2, -0.15) is 0 Å². The van der Waals surface area contributed by atoms with Crippen molar-refractivity contribution in [2.24, 2.45) is 0 Å². The first kappa shape index (κ1) is 12.4. The van der Waals surface area contributed by atoms with Crippen LogP contribution in [0.15, 0.2) is 24.3 Å². The van der Waals surface area contributed by atoms with E-state index in [-0.39, 0.29) is 0 Å². The van der Waals surface area contributed by atoms with Gasteiger partial charge >= 0.3 is 0 Å². The maximum Gasteiger partial charge on any atom is 0.0589 e. The zero-order valence-electron chi connectivity index (χ0n) is 10.8. The number of anilines is 1. The van der Waals surface area contributed by atoms with E-state index in [1.54, 1.807) is 7.11 Å². The van der Waals surface area contributed by atoms with Crippen LogP contribution in [0, 0.1) is 0 Å². The molecule has 1 aliphatic rings. The molecule has 3 heteroatoms. The van der Waals surface area contributed by atoms with E-state index in [9.17, 15) is 0 Å². The lowest BCUT2D eigenvalue weighted by Crippen LogP contribution is -2.31. The zero-order valence-corrected chi connectivity index (χ0v) is 10.8. The Balaban J connectivity index is 1.97. The van der Waals surface area contributed by atoms with E-state index in [2.05, 4.69) is 24.1 Å². The van der Waals surface area contributed by atoms with Crippen molar-refractivity contribution >= 4 is 5.69 Å². The predicted molar refractivity (Wildman–Crippen MR) is 71.1 cm³/mol. The summed E-state index contributed by atoms with van der Waals surface area (Å²) in [5.41, 5.74) is 8.37. The fraction of sp³-hybridized carbons (Fsp3) is 0.571. The maximum absolute atomic E-state index is 5.73. The standard InChI is InChI=1S/C14H22N2O/c1-16(9-10-17-2)11-14(7-8-14)12-3-5-13(15)6-4-12/h3-6H,7-11,15H2,1-2H3. The quantitative estimate of drug-likeness (QED) is 0.764. The molecule has 0 atom stereocenters. The molecule has 1 aromatic carbocycles. The van der Waals surface area contributed by atoms with Crippen LogP contribution in [-0.4, -0.2) is 38.8 Å². The van der Waals surface area contributed by atoms with E-state index >= 15 is 0 Å². The maximum atomic E-state index is 5.73. The van der Waals surface area contributed by atoms with Gasteiger partial charge in [0.05, 0.1) is 6.61 Å². The summed E-state index contributed by atoms with van der Waals surface area (Å²) in [6, 6.07) is 8.36. The molecule has 0 heterocycles. The molecule has 2 rings (SSSR count). The molecule has 0 spiro atoms. The fourth-order valence-electron chi connectivity index (χ4n) is 2.37. The molecular formula is C14H22N2O. The summed E-state index contributed by atoms with van der Waals surface area (Å²) in [6.45, 7) is 2.90. The molecule has 1 fully saturated rings. The third kappa shape index (κ3) is 2.99. The minimum atomic E-state index is 0.371. The van der Waals surface area contributed by atoms with Crippen molar-refractivity contribution in [2.45, 2.75) is 18.3 Å². The number of hydrogen-bond acceptors (Lipinski definition) is 3. The minimum Gasteiger partial charge on any atom is -0.399 e. The van der Waals surface area contributed by atoms with Gasteiger partial charge in [-0.15, -0.1) is 0 Å². The highest BCUT2D eigenvalue weighted by atomic mass is 16.5. The van der Waals surface area contributed by atoms with Gasteiger partial charge < -0.3 is 15.4 Å². The number of benzene rings is 1. The molecule has 0 unspecified atom stereocenters. The molecule has 17 heavy (non-hydrogen) atoms. The molecule has 3 nitrogen and oxygen atoms in total. The lowest BCUT2D eigenvalue weighted by Gasteiger charge is -2.24. The molecule has 0 aliphatic heterocycles. The highest BCUT2D eigenvalue weighted by Gasteiger charge is 2.44. The predicted octanol–water partition coefficient (Wildman–Crippen LogP) is 1.88. The summed E-state index contributed by atoms with van der Waals surface area (Å²) in [5, 5.41) is 0. The van der Waals surface area contributed by atoms with Crippen LogP contribution in [0.1, 0.15) is 18.4 Å². The van der Waals surface area contributed by atoms with Crippen molar-refractivity contribution in [1.82, 2.24) is 4.90 Å². The normalized spacial score (nSPS) is 17.4. The summed E-state index contributed by atoms with van der Waals surface area (Å²) >= 11 is 0. The van der Waals surface area contributed by atoms with Crippen LogP contribution in [-0.2, 0) is 10.2 Å². The Morgan fingerprint density at radius 1 is 1.29 bits per heavy atom. The van der Waals surface area contributed by atoms with Gasteiger partial charge in [-0.3, -0.25) is 0 Å². The molecule has 0 saturated heterocycles. The molecule has 2 N–H and O–H groups in total. The Morgan fingerprint density at radius 2 is 1.94 bits per heavy atom. The van der Waals surface area contributed by atoms with Crippen molar-refractivity contribution in [3.05, 3.63) is 29.8 Å². The molecule has 0 amide bonds. The van der Waals surface area contributed by atoms with Crippen LogP contribution in [0.2, 0.25) is 0 Å². The number of nitrogens with zero attached hydrogens (tertiary/aromatic N) is 1. The molecular weight excluding hydrogens is 212 g/mol. The zero-order chi connectivity index (χ0) is 12.3. The molecule has 0 aromatic heterocycles. The third-order valence-electron chi connectivity index (χ3n) is 3.63. The summed E-state index contributed by atoms with van der Waals surface area (Å²) in [4.78, 5) is 2.35. The van der Waals surface area contributed by atoms with Gasteiger partial charge in [-0.25, -0.2) is 0 Å². The summed E-state index contributed by atoms with van der Waals surface area (Å²) < 4.78 is 5.11. The first-order valence-electron chi connectivity index (χ1n) is 6.20. The number of nitrogens with two attached hydrogens (primary N) is 1. The first-order valence-corrected chi connectivity index (χ1v) is 6.20. The van der Waals surface area contributed by atoms with Crippen LogP contribution < -0.4 is 5.73 Å². The van der Waals surface area contributed by atoms with Crippen molar-refractivity contribution in [1.29, 1.82) is 0 Å². The third-order valence-corrected chi connectivity index (χ3v) is 3.63. The van der Waals surface area contributed by atoms with E-state index in [1.165, 1.54) is 18.4 Å². The molecule has 1 aromatic rings. The minimum absolute atomic E-state index is 0.371. The largest absolute Gasteiger partial charge is 0.399 e. The van der Waals surface area contributed by atoms with Gasteiger partial charge in [0.2, 0.25) is 0 Å². The molecule has 0 bridgehead atoms. The fourth-order valence-corrected chi connectivity index (χ4v) is 2.37. The smallest absolute Gasteiger partial charge is 0.0589 e. The molecule has 1 saturated carbocycles. The second-order valence-electron chi connectivity index (χ2n) is 5.13. The molecule has 94 valence electrons. The Hall–Kier alpha value is -1.06. The summed E-state index contributed by atoms with van der Waals surface area (Å²) in [6.07, 6.45) is 2.57. The first-order chi connectivity index (χ1) is 8.16. The number of likely N-dealkylation sites (N-methyl/N-ethyl adjacent to an activating group) is 1. The summed E-state index contributed by atoms with van der Waals surface area (Å²) in [7, 11) is 3.91. The van der Waals surface area contributed by atoms with Gasteiger partial charge in [-0.1, -0.05) is 12.1 Å². The van der Waals surface area contributed by atoms with Gasteiger partial charge in [0, 0.05) is 31.3 Å². The van der Waals surface area contributed by atoms with E-state index < -0.39 is 0 Å². The number of ether oxygens (including phenoxy) is 1. The highest BCUT2D eigenvalue weighted by molar-refractivity contribution is 5.43. The Bertz CT molecular complexity index is 357. The van der Waals surface area contributed by atoms with Crippen molar-refractivity contribution in [3.8, 4) is 0 Å². The van der Waals surface area contributed by atoms with Crippen LogP contribution in [0.25, 0.3) is 0 Å². The van der Waals surface area contributed by atoms with Crippen LogP contribution >= 0.6 is 0 Å². The molecule has 0 radical (unpaired) electrons. The van der Waals surface area contributed by atoms with Gasteiger partial charge in [-0.05, 0) is 37.6 Å². The summed E-state index contributed by atoms with van der Waals surface area (Å²) in [5.74, 6) is 0. The van der Waals surface area contributed by atoms with Crippen molar-refractivity contribution in [3.63, 3.8) is 0 Å². The molecule has 1 aliphatic carbocycles. The van der Waals surface area contributed by atoms with Crippen LogP contribution in [0.5, 0.6) is 0 Å². The number of nitrogen functional groups attached to an aromatic ring is 1. The van der Waals surface area contributed by atoms with E-state index in [1.807, 2.05) is 12.1 Å². The highest BCUT2D eigenvalue weighted by Crippen LogP contribution is 2.48. The average Bonchev–Trinajstić information content (AvgIpc) is 3.08. The second kappa shape index (κ2) is 5.07. The number of hydrogen-bond donors (Lipinski definition) is 1. The Labute approximate surface area is 104 Å².